The molecule has 1 heterocycles. The van der Waals surface area contributed by atoms with Gasteiger partial charge in [-0.15, -0.1) is 0 Å². The summed E-state index contributed by atoms with van der Waals surface area (Å²) in [6.45, 7) is 0.503. The number of amides is 1. The molecule has 0 saturated heterocycles. The zero-order valence-electron chi connectivity index (χ0n) is 11.5. The first-order valence-electron chi connectivity index (χ1n) is 6.72. The number of nitrogens with one attached hydrogen (secondary N) is 1. The lowest BCUT2D eigenvalue weighted by atomic mass is 9.94. The summed E-state index contributed by atoms with van der Waals surface area (Å²) in [4.78, 5) is 21.6. The van der Waals surface area contributed by atoms with Gasteiger partial charge in [0.15, 0.2) is 0 Å². The van der Waals surface area contributed by atoms with Crippen molar-refractivity contribution in [3.8, 4) is 0 Å². The molecule has 0 bridgehead atoms. The molecular weight excluding hydrogens is 252 g/mol. The molecule has 0 unspecified atom stereocenters. The van der Waals surface area contributed by atoms with Crippen molar-refractivity contribution < 1.29 is 4.79 Å². The molecular formula is C15H18N4O. The second kappa shape index (κ2) is 4.67. The normalized spacial score (nSPS) is 15.8. The summed E-state index contributed by atoms with van der Waals surface area (Å²) < 4.78 is 0. The van der Waals surface area contributed by atoms with Crippen molar-refractivity contribution in [2.75, 3.05) is 12.8 Å². The first-order chi connectivity index (χ1) is 9.62. The third-order valence-corrected chi connectivity index (χ3v) is 3.91. The molecule has 2 aromatic rings. The number of rotatable bonds is 4. The average molecular weight is 270 g/mol. The number of anilines is 1. The van der Waals surface area contributed by atoms with Crippen molar-refractivity contribution >= 4 is 11.6 Å². The zero-order chi connectivity index (χ0) is 14.2. The summed E-state index contributed by atoms with van der Waals surface area (Å²) in [6, 6.07) is 7.63. The van der Waals surface area contributed by atoms with Gasteiger partial charge in [-0.05, 0) is 30.5 Å². The lowest BCUT2D eigenvalue weighted by Crippen LogP contribution is -2.36. The molecule has 0 atom stereocenters. The minimum absolute atomic E-state index is 0.152. The Labute approximate surface area is 117 Å². The van der Waals surface area contributed by atoms with Crippen molar-refractivity contribution in [1.29, 1.82) is 0 Å². The van der Waals surface area contributed by atoms with E-state index in [2.05, 4.69) is 9.97 Å². The van der Waals surface area contributed by atoms with Gasteiger partial charge in [-0.1, -0.05) is 12.1 Å². The number of carbonyl (C=O) groups excluding carboxylic acids is 1. The Morgan fingerprint density at radius 3 is 2.65 bits per heavy atom. The molecule has 3 rings (SSSR count). The number of nitrogens with two attached hydrogens (primary N) is 1. The Morgan fingerprint density at radius 2 is 2.10 bits per heavy atom. The maximum absolute atomic E-state index is 12.7. The summed E-state index contributed by atoms with van der Waals surface area (Å²) in [5.41, 5.74) is 7.14. The SMILES string of the molecule is CN(Cc1ncc[nH]1)C(=O)C1(c2ccc(N)cc2)CC1. The number of hydrogen-bond donors (Lipinski definition) is 2. The van der Waals surface area contributed by atoms with E-state index < -0.39 is 0 Å². The molecule has 5 nitrogen and oxygen atoms in total. The molecule has 1 fully saturated rings. The second-order valence-electron chi connectivity index (χ2n) is 5.40. The van der Waals surface area contributed by atoms with Gasteiger partial charge in [0.1, 0.15) is 5.82 Å². The van der Waals surface area contributed by atoms with Gasteiger partial charge < -0.3 is 15.6 Å². The lowest BCUT2D eigenvalue weighted by Gasteiger charge is -2.23. The van der Waals surface area contributed by atoms with Gasteiger partial charge in [-0.2, -0.15) is 0 Å². The highest BCUT2D eigenvalue weighted by Crippen LogP contribution is 2.49. The van der Waals surface area contributed by atoms with Gasteiger partial charge in [-0.25, -0.2) is 4.98 Å². The van der Waals surface area contributed by atoms with Gasteiger partial charge in [0.25, 0.3) is 0 Å². The number of hydrogen-bond acceptors (Lipinski definition) is 3. The predicted molar refractivity (Wildman–Crippen MR) is 76.8 cm³/mol. The molecule has 1 aliphatic carbocycles. The molecule has 0 spiro atoms. The maximum atomic E-state index is 12.7. The average Bonchev–Trinajstić information content (AvgIpc) is 3.10. The second-order valence-corrected chi connectivity index (χ2v) is 5.40. The summed E-state index contributed by atoms with van der Waals surface area (Å²) >= 11 is 0. The van der Waals surface area contributed by atoms with Crippen LogP contribution < -0.4 is 5.73 Å². The minimum Gasteiger partial charge on any atom is -0.399 e. The van der Waals surface area contributed by atoms with E-state index in [1.807, 2.05) is 31.3 Å². The molecule has 1 amide bonds. The van der Waals surface area contributed by atoms with E-state index in [4.69, 9.17) is 5.73 Å². The number of carbonyl (C=O) groups is 1. The fraction of sp³-hybridized carbons (Fsp3) is 0.333. The van der Waals surface area contributed by atoms with Crippen LogP contribution in [0, 0.1) is 0 Å². The van der Waals surface area contributed by atoms with Crippen LogP contribution in [0.2, 0.25) is 0 Å². The Balaban J connectivity index is 1.77. The van der Waals surface area contributed by atoms with Crippen molar-refractivity contribution in [2.45, 2.75) is 24.8 Å². The summed E-state index contributed by atoms with van der Waals surface area (Å²) in [7, 11) is 1.82. The first-order valence-corrected chi connectivity index (χ1v) is 6.72. The van der Waals surface area contributed by atoms with Crippen LogP contribution in [-0.4, -0.2) is 27.8 Å². The van der Waals surface area contributed by atoms with Gasteiger partial charge in [0.05, 0.1) is 12.0 Å². The molecule has 1 aromatic heterocycles. The zero-order valence-corrected chi connectivity index (χ0v) is 11.5. The molecule has 1 aromatic carbocycles. The number of aromatic nitrogens is 2. The molecule has 0 radical (unpaired) electrons. The van der Waals surface area contributed by atoms with Crippen LogP contribution in [0.4, 0.5) is 5.69 Å². The van der Waals surface area contributed by atoms with Crippen LogP contribution in [0.1, 0.15) is 24.2 Å². The summed E-state index contributed by atoms with van der Waals surface area (Å²) in [5.74, 6) is 0.952. The summed E-state index contributed by atoms with van der Waals surface area (Å²) in [5, 5.41) is 0. The minimum atomic E-state index is -0.352. The van der Waals surface area contributed by atoms with Crippen molar-refractivity contribution in [3.63, 3.8) is 0 Å². The first kappa shape index (κ1) is 12.7. The molecule has 3 N–H and O–H groups in total. The Bertz CT molecular complexity index is 599. The van der Waals surface area contributed by atoms with E-state index >= 15 is 0 Å². The molecule has 0 aliphatic heterocycles. The maximum Gasteiger partial charge on any atom is 0.233 e. The van der Waals surface area contributed by atoms with Crippen LogP contribution in [0.15, 0.2) is 36.7 Å². The Kier molecular flexibility index (Phi) is 2.97. The van der Waals surface area contributed by atoms with Gasteiger partial charge >= 0.3 is 0 Å². The van der Waals surface area contributed by atoms with Crippen LogP contribution in [0.3, 0.4) is 0 Å². The fourth-order valence-corrected chi connectivity index (χ4v) is 2.60. The monoisotopic (exact) mass is 270 g/mol. The third-order valence-electron chi connectivity index (χ3n) is 3.91. The third kappa shape index (κ3) is 2.15. The number of aromatic amines is 1. The number of benzene rings is 1. The topological polar surface area (TPSA) is 75.0 Å². The molecule has 1 saturated carbocycles. The van der Waals surface area contributed by atoms with E-state index in [0.29, 0.717) is 6.54 Å². The van der Waals surface area contributed by atoms with Crippen molar-refractivity contribution in [1.82, 2.24) is 14.9 Å². The van der Waals surface area contributed by atoms with E-state index in [1.165, 1.54) is 0 Å². The predicted octanol–water partition coefficient (Wildman–Crippen LogP) is 1.68. The number of likely N-dealkylation sites (N-methyl/N-ethyl adjacent to an activating group) is 1. The van der Waals surface area contributed by atoms with E-state index in [-0.39, 0.29) is 11.3 Å². The van der Waals surface area contributed by atoms with Gasteiger partial charge in [0, 0.05) is 25.1 Å². The van der Waals surface area contributed by atoms with Crippen molar-refractivity contribution in [3.05, 3.63) is 48.0 Å². The molecule has 20 heavy (non-hydrogen) atoms. The molecule has 1 aliphatic rings. The van der Waals surface area contributed by atoms with E-state index in [1.54, 1.807) is 17.3 Å². The van der Waals surface area contributed by atoms with E-state index in [0.717, 1.165) is 29.9 Å². The summed E-state index contributed by atoms with van der Waals surface area (Å²) in [6.07, 6.45) is 5.26. The Hall–Kier alpha value is -2.30. The fourth-order valence-electron chi connectivity index (χ4n) is 2.60. The highest BCUT2D eigenvalue weighted by atomic mass is 16.2. The van der Waals surface area contributed by atoms with Crippen LogP contribution >= 0.6 is 0 Å². The van der Waals surface area contributed by atoms with E-state index in [9.17, 15) is 4.79 Å². The largest absolute Gasteiger partial charge is 0.399 e. The molecule has 104 valence electrons. The Morgan fingerprint density at radius 1 is 1.40 bits per heavy atom. The van der Waals surface area contributed by atoms with Gasteiger partial charge in [-0.3, -0.25) is 4.79 Å². The van der Waals surface area contributed by atoms with Crippen LogP contribution in [-0.2, 0) is 16.8 Å². The number of nitrogens with zero attached hydrogens (tertiary/aromatic N) is 2. The lowest BCUT2D eigenvalue weighted by molar-refractivity contribution is -0.133. The standard InChI is InChI=1S/C15H18N4O/c1-19(10-13-17-8-9-18-13)14(20)15(6-7-15)11-2-4-12(16)5-3-11/h2-5,8-9H,6-7,10,16H2,1H3,(H,17,18). The van der Waals surface area contributed by atoms with Gasteiger partial charge in [0.2, 0.25) is 5.91 Å². The van der Waals surface area contributed by atoms with Crippen molar-refractivity contribution in [2.24, 2.45) is 0 Å². The highest BCUT2D eigenvalue weighted by Gasteiger charge is 2.52. The number of H-pyrrole nitrogens is 1. The highest BCUT2D eigenvalue weighted by molar-refractivity contribution is 5.91. The number of imidazole rings is 1. The quantitative estimate of drug-likeness (QED) is 0.830. The number of nitrogen functional groups attached to an aromatic ring is 1. The van der Waals surface area contributed by atoms with Crippen LogP contribution in [0.5, 0.6) is 0 Å². The molecule has 5 heteroatoms. The van der Waals surface area contributed by atoms with Crippen LogP contribution in [0.25, 0.3) is 0 Å². The smallest absolute Gasteiger partial charge is 0.233 e.